The highest BCUT2D eigenvalue weighted by atomic mass is 35.5. The zero-order valence-corrected chi connectivity index (χ0v) is 12.2. The summed E-state index contributed by atoms with van der Waals surface area (Å²) in [4.78, 5) is 11.1. The zero-order chi connectivity index (χ0) is 15.4. The summed E-state index contributed by atoms with van der Waals surface area (Å²) in [7, 11) is 1.55. The summed E-state index contributed by atoms with van der Waals surface area (Å²) in [5, 5.41) is 17.3. The Labute approximate surface area is 126 Å². The lowest BCUT2D eigenvalue weighted by molar-refractivity contribution is 0.0689. The van der Waals surface area contributed by atoms with Crippen LogP contribution in [0.15, 0.2) is 18.2 Å². The SMILES string of the molecule is COc1ccc(Cl)cc1Cn1nnc(C(=O)O)c1CCN. The molecule has 8 heteroatoms. The van der Waals surface area contributed by atoms with Gasteiger partial charge in [-0.1, -0.05) is 16.8 Å². The van der Waals surface area contributed by atoms with Gasteiger partial charge < -0.3 is 15.6 Å². The number of halogens is 1. The van der Waals surface area contributed by atoms with Crippen molar-refractivity contribution in [1.29, 1.82) is 0 Å². The van der Waals surface area contributed by atoms with E-state index in [2.05, 4.69) is 10.3 Å². The van der Waals surface area contributed by atoms with Crippen molar-refractivity contribution in [2.24, 2.45) is 5.73 Å². The summed E-state index contributed by atoms with van der Waals surface area (Å²) in [6.45, 7) is 0.611. The van der Waals surface area contributed by atoms with Crippen molar-refractivity contribution in [3.63, 3.8) is 0 Å². The lowest BCUT2D eigenvalue weighted by atomic mass is 10.2. The average molecular weight is 311 g/mol. The predicted molar refractivity (Wildman–Crippen MR) is 76.8 cm³/mol. The molecule has 2 rings (SSSR count). The molecule has 0 atom stereocenters. The van der Waals surface area contributed by atoms with Crippen molar-refractivity contribution in [2.75, 3.05) is 13.7 Å². The smallest absolute Gasteiger partial charge is 0.358 e. The third-order valence-corrected chi connectivity index (χ3v) is 3.22. The molecule has 0 aliphatic carbocycles. The molecule has 0 aliphatic rings. The highest BCUT2D eigenvalue weighted by molar-refractivity contribution is 6.30. The quantitative estimate of drug-likeness (QED) is 0.830. The number of rotatable bonds is 6. The second kappa shape index (κ2) is 6.55. The van der Waals surface area contributed by atoms with Crippen molar-refractivity contribution in [3.05, 3.63) is 40.2 Å². The summed E-state index contributed by atoms with van der Waals surface area (Å²) in [6, 6.07) is 5.21. The molecule has 0 aliphatic heterocycles. The van der Waals surface area contributed by atoms with Crippen LogP contribution in [0, 0.1) is 0 Å². The Balaban J connectivity index is 2.39. The fraction of sp³-hybridized carbons (Fsp3) is 0.308. The summed E-state index contributed by atoms with van der Waals surface area (Å²) in [5.41, 5.74) is 6.70. The average Bonchev–Trinajstić information content (AvgIpc) is 2.83. The van der Waals surface area contributed by atoms with E-state index in [4.69, 9.17) is 27.2 Å². The number of hydrogen-bond donors (Lipinski definition) is 2. The van der Waals surface area contributed by atoms with Crippen LogP contribution in [0.4, 0.5) is 0 Å². The van der Waals surface area contributed by atoms with Crippen LogP contribution in [0.3, 0.4) is 0 Å². The summed E-state index contributed by atoms with van der Waals surface area (Å²) in [5.74, 6) is -0.478. The molecule has 2 aromatic rings. The summed E-state index contributed by atoms with van der Waals surface area (Å²) in [6.07, 6.45) is 0.373. The third-order valence-electron chi connectivity index (χ3n) is 2.98. The van der Waals surface area contributed by atoms with Gasteiger partial charge in [-0.3, -0.25) is 0 Å². The fourth-order valence-corrected chi connectivity index (χ4v) is 2.24. The van der Waals surface area contributed by atoms with Gasteiger partial charge in [0.25, 0.3) is 0 Å². The van der Waals surface area contributed by atoms with Gasteiger partial charge in [0, 0.05) is 17.0 Å². The van der Waals surface area contributed by atoms with Crippen molar-refractivity contribution in [2.45, 2.75) is 13.0 Å². The second-order valence-corrected chi connectivity index (χ2v) is 4.78. The van der Waals surface area contributed by atoms with E-state index in [-0.39, 0.29) is 5.69 Å². The maximum Gasteiger partial charge on any atom is 0.358 e. The topological polar surface area (TPSA) is 103 Å². The minimum Gasteiger partial charge on any atom is -0.496 e. The molecule has 0 amide bonds. The molecule has 1 heterocycles. The number of carboxylic acids is 1. The molecule has 112 valence electrons. The van der Waals surface area contributed by atoms with Crippen LogP contribution in [-0.4, -0.2) is 39.7 Å². The first-order valence-electron chi connectivity index (χ1n) is 6.25. The Morgan fingerprint density at radius 1 is 1.52 bits per heavy atom. The first-order chi connectivity index (χ1) is 10.1. The number of aromatic nitrogens is 3. The molecular weight excluding hydrogens is 296 g/mol. The van der Waals surface area contributed by atoms with E-state index in [9.17, 15) is 4.79 Å². The van der Waals surface area contributed by atoms with Crippen LogP contribution in [0.1, 0.15) is 21.7 Å². The number of ether oxygens (including phenoxy) is 1. The molecule has 0 saturated carbocycles. The third kappa shape index (κ3) is 3.32. The number of nitrogens with zero attached hydrogens (tertiary/aromatic N) is 3. The molecule has 0 fully saturated rings. The number of carbonyl (C=O) groups is 1. The summed E-state index contributed by atoms with van der Waals surface area (Å²) < 4.78 is 6.77. The molecule has 0 unspecified atom stereocenters. The number of benzene rings is 1. The molecular formula is C13H15ClN4O3. The van der Waals surface area contributed by atoms with Crippen molar-refractivity contribution in [1.82, 2.24) is 15.0 Å². The largest absolute Gasteiger partial charge is 0.496 e. The Kier molecular flexibility index (Phi) is 4.77. The number of nitrogens with two attached hydrogens (primary N) is 1. The molecule has 0 radical (unpaired) electrons. The van der Waals surface area contributed by atoms with Crippen LogP contribution in [0.25, 0.3) is 0 Å². The predicted octanol–water partition coefficient (Wildman–Crippen LogP) is 1.19. The van der Waals surface area contributed by atoms with E-state index >= 15 is 0 Å². The van der Waals surface area contributed by atoms with Crippen LogP contribution >= 0.6 is 11.6 Å². The van der Waals surface area contributed by atoms with Gasteiger partial charge in [-0.15, -0.1) is 5.10 Å². The van der Waals surface area contributed by atoms with E-state index in [0.717, 1.165) is 5.56 Å². The highest BCUT2D eigenvalue weighted by Crippen LogP contribution is 2.24. The van der Waals surface area contributed by atoms with Crippen LogP contribution in [-0.2, 0) is 13.0 Å². The van der Waals surface area contributed by atoms with Gasteiger partial charge in [-0.05, 0) is 24.7 Å². The number of carboxylic acid groups (broad SMARTS) is 1. The molecule has 0 saturated heterocycles. The van der Waals surface area contributed by atoms with E-state index < -0.39 is 5.97 Å². The van der Waals surface area contributed by atoms with Gasteiger partial charge >= 0.3 is 5.97 Å². The van der Waals surface area contributed by atoms with Crippen LogP contribution in [0.2, 0.25) is 5.02 Å². The van der Waals surface area contributed by atoms with Crippen LogP contribution < -0.4 is 10.5 Å². The monoisotopic (exact) mass is 310 g/mol. The van der Waals surface area contributed by atoms with E-state index in [1.165, 1.54) is 4.68 Å². The minimum absolute atomic E-state index is 0.0820. The maximum atomic E-state index is 11.1. The van der Waals surface area contributed by atoms with Gasteiger partial charge in [-0.25, -0.2) is 9.48 Å². The molecule has 0 bridgehead atoms. The van der Waals surface area contributed by atoms with Gasteiger partial charge in [-0.2, -0.15) is 0 Å². The molecule has 3 N–H and O–H groups in total. The van der Waals surface area contributed by atoms with Gasteiger partial charge in [0.2, 0.25) is 0 Å². The Morgan fingerprint density at radius 3 is 2.90 bits per heavy atom. The Morgan fingerprint density at radius 2 is 2.29 bits per heavy atom. The Hall–Kier alpha value is -2.12. The molecule has 7 nitrogen and oxygen atoms in total. The van der Waals surface area contributed by atoms with Crippen molar-refractivity contribution in [3.8, 4) is 5.75 Å². The van der Waals surface area contributed by atoms with Crippen LogP contribution in [0.5, 0.6) is 5.75 Å². The number of hydrogen-bond acceptors (Lipinski definition) is 5. The van der Waals surface area contributed by atoms with E-state index in [0.29, 0.717) is 36.0 Å². The first-order valence-corrected chi connectivity index (χ1v) is 6.62. The van der Waals surface area contributed by atoms with Gasteiger partial charge in [0.05, 0.1) is 19.3 Å². The normalized spacial score (nSPS) is 10.6. The maximum absolute atomic E-state index is 11.1. The van der Waals surface area contributed by atoms with Crippen molar-refractivity contribution < 1.29 is 14.6 Å². The first kappa shape index (κ1) is 15.3. The Bertz CT molecular complexity index is 657. The standard InChI is InChI=1S/C13H15ClN4O3/c1-21-11-3-2-9(14)6-8(11)7-18-10(4-5-15)12(13(19)20)16-17-18/h2-3,6H,4-5,7,15H2,1H3,(H,19,20). The van der Waals surface area contributed by atoms with E-state index in [1.54, 1.807) is 25.3 Å². The fourth-order valence-electron chi connectivity index (χ4n) is 2.04. The molecule has 21 heavy (non-hydrogen) atoms. The zero-order valence-electron chi connectivity index (χ0n) is 11.4. The lowest BCUT2D eigenvalue weighted by Gasteiger charge is -2.10. The summed E-state index contributed by atoms with van der Waals surface area (Å²) >= 11 is 5.98. The highest BCUT2D eigenvalue weighted by Gasteiger charge is 2.19. The van der Waals surface area contributed by atoms with Gasteiger partial charge in [0.1, 0.15) is 5.75 Å². The van der Waals surface area contributed by atoms with E-state index in [1.807, 2.05) is 0 Å². The van der Waals surface area contributed by atoms with Crippen molar-refractivity contribution >= 4 is 17.6 Å². The second-order valence-electron chi connectivity index (χ2n) is 4.34. The molecule has 0 spiro atoms. The van der Waals surface area contributed by atoms with Gasteiger partial charge in [0.15, 0.2) is 5.69 Å². The molecule has 1 aromatic heterocycles. The number of methoxy groups -OCH3 is 1. The lowest BCUT2D eigenvalue weighted by Crippen LogP contribution is -2.14. The minimum atomic E-state index is -1.12. The molecule has 1 aromatic carbocycles. The number of aromatic carboxylic acids is 1.